The number of carbonyl (C=O) groups is 1. The van der Waals surface area contributed by atoms with Gasteiger partial charge < -0.3 is 14.4 Å². The third kappa shape index (κ3) is 3.73. The predicted octanol–water partition coefficient (Wildman–Crippen LogP) is 2.27. The maximum absolute atomic E-state index is 13.1. The lowest BCUT2D eigenvalue weighted by molar-refractivity contribution is 0.0619. The van der Waals surface area contributed by atoms with Crippen LogP contribution in [0.1, 0.15) is 16.1 Å². The minimum absolute atomic E-state index is 0.0681. The molecule has 1 amide bonds. The number of carbonyl (C=O) groups excluding carboxylic acids is 1. The van der Waals surface area contributed by atoms with Crippen molar-refractivity contribution in [2.45, 2.75) is 6.54 Å². The highest BCUT2D eigenvalue weighted by Crippen LogP contribution is 2.32. The average Bonchev–Trinajstić information content (AvgIpc) is 3.24. The first-order chi connectivity index (χ1) is 15.0. The van der Waals surface area contributed by atoms with Crippen LogP contribution in [0.25, 0.3) is 10.9 Å². The second kappa shape index (κ2) is 7.86. The van der Waals surface area contributed by atoms with E-state index in [1.807, 2.05) is 18.2 Å². The molecule has 5 rings (SSSR count). The summed E-state index contributed by atoms with van der Waals surface area (Å²) in [5, 5.41) is 5.10. The quantitative estimate of drug-likeness (QED) is 0.622. The topological polar surface area (TPSA) is 76.9 Å². The smallest absolute Gasteiger partial charge is 0.278 e. The third-order valence-electron chi connectivity index (χ3n) is 5.72. The number of fused-ring (bicyclic) bond motifs is 2. The summed E-state index contributed by atoms with van der Waals surface area (Å²) in [4.78, 5) is 29.9. The van der Waals surface area contributed by atoms with Gasteiger partial charge in [-0.3, -0.25) is 19.2 Å². The lowest BCUT2D eigenvalue weighted by atomic mass is 10.1. The molecule has 2 aliphatic heterocycles. The highest BCUT2D eigenvalue weighted by molar-refractivity contribution is 6.31. The first-order valence-electron chi connectivity index (χ1n) is 10.1. The number of nitrogens with zero attached hydrogens (tertiary/aromatic N) is 4. The number of halogens is 1. The van der Waals surface area contributed by atoms with Gasteiger partial charge in [0, 0.05) is 44.8 Å². The fourth-order valence-electron chi connectivity index (χ4n) is 4.05. The van der Waals surface area contributed by atoms with Gasteiger partial charge in [0.05, 0.1) is 10.9 Å². The van der Waals surface area contributed by atoms with E-state index >= 15 is 0 Å². The van der Waals surface area contributed by atoms with Gasteiger partial charge in [-0.05, 0) is 35.9 Å². The normalized spacial score (nSPS) is 16.1. The molecule has 1 fully saturated rings. The predicted molar refractivity (Wildman–Crippen MR) is 116 cm³/mol. The minimum Gasteiger partial charge on any atom is -0.454 e. The Bertz CT molecular complexity index is 1230. The van der Waals surface area contributed by atoms with Crippen LogP contribution in [0.3, 0.4) is 0 Å². The zero-order chi connectivity index (χ0) is 21.5. The Kier molecular flexibility index (Phi) is 5.03. The maximum atomic E-state index is 13.1. The molecule has 0 unspecified atom stereocenters. The highest BCUT2D eigenvalue weighted by atomic mass is 35.5. The molecule has 0 spiro atoms. The Labute approximate surface area is 183 Å². The fourth-order valence-corrected chi connectivity index (χ4v) is 4.22. The average molecular weight is 441 g/mol. The number of benzene rings is 2. The van der Waals surface area contributed by atoms with Gasteiger partial charge in [-0.2, -0.15) is 5.10 Å². The van der Waals surface area contributed by atoms with Crippen molar-refractivity contribution in [3.63, 3.8) is 0 Å². The molecular weight excluding hydrogens is 420 g/mol. The van der Waals surface area contributed by atoms with Gasteiger partial charge in [-0.25, -0.2) is 0 Å². The summed E-state index contributed by atoms with van der Waals surface area (Å²) in [7, 11) is 1.72. The molecule has 8 nitrogen and oxygen atoms in total. The van der Waals surface area contributed by atoms with E-state index in [0.29, 0.717) is 42.1 Å². The summed E-state index contributed by atoms with van der Waals surface area (Å²) < 4.78 is 12.4. The number of hydrogen-bond donors (Lipinski definition) is 0. The number of piperazine rings is 1. The largest absolute Gasteiger partial charge is 0.454 e. The van der Waals surface area contributed by atoms with Crippen molar-refractivity contribution in [2.24, 2.45) is 7.05 Å². The Balaban J connectivity index is 1.29. The van der Waals surface area contributed by atoms with Crippen LogP contribution in [0.2, 0.25) is 5.02 Å². The second-order valence-corrected chi connectivity index (χ2v) is 8.16. The van der Waals surface area contributed by atoms with Crippen molar-refractivity contribution in [3.8, 4) is 11.5 Å². The van der Waals surface area contributed by atoms with Gasteiger partial charge in [0.25, 0.3) is 5.91 Å². The van der Waals surface area contributed by atoms with E-state index in [9.17, 15) is 9.59 Å². The Hall–Kier alpha value is -3.10. The van der Waals surface area contributed by atoms with Crippen molar-refractivity contribution in [1.29, 1.82) is 0 Å². The molecule has 0 aliphatic carbocycles. The van der Waals surface area contributed by atoms with Gasteiger partial charge in [0.2, 0.25) is 12.2 Å². The summed E-state index contributed by atoms with van der Waals surface area (Å²) >= 11 is 6.05. The third-order valence-corrected chi connectivity index (χ3v) is 5.96. The Morgan fingerprint density at radius 3 is 2.65 bits per heavy atom. The lowest BCUT2D eigenvalue weighted by Gasteiger charge is -2.34. The van der Waals surface area contributed by atoms with Crippen LogP contribution in [-0.2, 0) is 13.6 Å². The zero-order valence-corrected chi connectivity index (χ0v) is 17.8. The van der Waals surface area contributed by atoms with E-state index in [1.165, 1.54) is 0 Å². The zero-order valence-electron chi connectivity index (χ0n) is 17.0. The van der Waals surface area contributed by atoms with E-state index in [0.717, 1.165) is 23.6 Å². The molecule has 0 bridgehead atoms. The molecule has 2 aliphatic rings. The minimum atomic E-state index is -0.386. The summed E-state index contributed by atoms with van der Waals surface area (Å²) in [5.41, 5.74) is 1.32. The number of hydrogen-bond acceptors (Lipinski definition) is 6. The summed E-state index contributed by atoms with van der Waals surface area (Å²) in [6.07, 6.45) is 0. The van der Waals surface area contributed by atoms with Gasteiger partial charge in [-0.15, -0.1) is 0 Å². The molecule has 0 radical (unpaired) electrons. The van der Waals surface area contributed by atoms with Crippen molar-refractivity contribution >= 4 is 28.4 Å². The van der Waals surface area contributed by atoms with E-state index in [2.05, 4.69) is 10.00 Å². The van der Waals surface area contributed by atoms with E-state index in [1.54, 1.807) is 34.8 Å². The Morgan fingerprint density at radius 1 is 1.06 bits per heavy atom. The molecule has 1 saturated heterocycles. The summed E-state index contributed by atoms with van der Waals surface area (Å²) in [6.45, 7) is 3.49. The molecule has 3 heterocycles. The molecule has 0 N–H and O–H groups in total. The molecule has 160 valence electrons. The first-order valence-corrected chi connectivity index (χ1v) is 10.4. The monoisotopic (exact) mass is 440 g/mol. The maximum Gasteiger partial charge on any atom is 0.278 e. The van der Waals surface area contributed by atoms with Crippen molar-refractivity contribution in [1.82, 2.24) is 19.6 Å². The van der Waals surface area contributed by atoms with Gasteiger partial charge in [0.1, 0.15) is 0 Å². The van der Waals surface area contributed by atoms with Crippen molar-refractivity contribution < 1.29 is 14.3 Å². The molecular formula is C22H21ClN4O4. The summed E-state index contributed by atoms with van der Waals surface area (Å²) in [5.74, 6) is 1.19. The Morgan fingerprint density at radius 2 is 1.84 bits per heavy atom. The van der Waals surface area contributed by atoms with Crippen LogP contribution in [0.15, 0.2) is 41.2 Å². The molecule has 0 atom stereocenters. The van der Waals surface area contributed by atoms with Crippen LogP contribution >= 0.6 is 11.6 Å². The molecule has 1 aromatic heterocycles. The molecule has 9 heteroatoms. The number of aromatic nitrogens is 2. The molecule has 2 aromatic carbocycles. The highest BCUT2D eigenvalue weighted by Gasteiger charge is 2.26. The molecule has 31 heavy (non-hydrogen) atoms. The van der Waals surface area contributed by atoms with Crippen LogP contribution in [0, 0.1) is 0 Å². The number of ether oxygens (including phenoxy) is 2. The van der Waals surface area contributed by atoms with Gasteiger partial charge in [0.15, 0.2) is 17.2 Å². The molecule has 3 aromatic rings. The summed E-state index contributed by atoms with van der Waals surface area (Å²) in [6, 6.07) is 11.0. The first kappa shape index (κ1) is 19.8. The SMILES string of the molecule is Cn1nc(C(=O)N2CCN(Cc3ccc4c(c3)OCO4)CC2)c(=O)c2cc(Cl)ccc21. The van der Waals surface area contributed by atoms with Crippen LogP contribution in [-0.4, -0.2) is 58.5 Å². The van der Waals surface area contributed by atoms with E-state index in [-0.39, 0.29) is 23.8 Å². The number of rotatable bonds is 3. The molecule has 0 saturated carbocycles. The van der Waals surface area contributed by atoms with Crippen LogP contribution in [0.5, 0.6) is 11.5 Å². The lowest BCUT2D eigenvalue weighted by Crippen LogP contribution is -2.49. The van der Waals surface area contributed by atoms with Gasteiger partial charge in [-0.1, -0.05) is 17.7 Å². The standard InChI is InChI=1S/C22H21ClN4O4/c1-25-17-4-3-15(23)11-16(17)21(28)20(24-25)22(29)27-8-6-26(7-9-27)12-14-2-5-18-19(10-14)31-13-30-18/h2-5,10-11H,6-9,12-13H2,1H3. The number of aryl methyl sites for hydroxylation is 1. The van der Waals surface area contributed by atoms with Gasteiger partial charge >= 0.3 is 0 Å². The second-order valence-electron chi connectivity index (χ2n) is 7.72. The van der Waals surface area contributed by atoms with Crippen molar-refractivity contribution in [3.05, 3.63) is 62.9 Å². The van der Waals surface area contributed by atoms with E-state index < -0.39 is 0 Å². The fraction of sp³-hybridized carbons (Fsp3) is 0.318. The van der Waals surface area contributed by atoms with Crippen molar-refractivity contribution in [2.75, 3.05) is 33.0 Å². The van der Waals surface area contributed by atoms with Crippen LogP contribution in [0.4, 0.5) is 0 Å². The number of amides is 1. The van der Waals surface area contributed by atoms with Crippen LogP contribution < -0.4 is 14.9 Å². The van der Waals surface area contributed by atoms with E-state index in [4.69, 9.17) is 21.1 Å².